The first-order chi connectivity index (χ1) is 9.42. The molecule has 0 saturated heterocycles. The minimum atomic E-state index is 1.13. The van der Waals surface area contributed by atoms with E-state index in [2.05, 4.69) is 54.6 Å². The van der Waals surface area contributed by atoms with Crippen LogP contribution in [0.4, 0.5) is 0 Å². The number of hydrogen-bond acceptors (Lipinski definition) is 1. The van der Waals surface area contributed by atoms with E-state index < -0.39 is 0 Å². The minimum Gasteiger partial charge on any atom is -0.472 e. The van der Waals surface area contributed by atoms with Crippen LogP contribution < -0.4 is 0 Å². The fraction of sp³-hybridized carbons (Fsp3) is 0. The average molecular weight is 244 g/mol. The number of fused-ring (bicyclic) bond motifs is 2. The van der Waals surface area contributed by atoms with Crippen molar-refractivity contribution in [3.8, 4) is 11.1 Å². The largest absolute Gasteiger partial charge is 0.472 e. The van der Waals surface area contributed by atoms with Gasteiger partial charge >= 0.3 is 0 Å². The van der Waals surface area contributed by atoms with E-state index in [4.69, 9.17) is 4.42 Å². The van der Waals surface area contributed by atoms with Crippen molar-refractivity contribution < 1.29 is 4.42 Å². The van der Waals surface area contributed by atoms with Gasteiger partial charge in [0.15, 0.2) is 0 Å². The van der Waals surface area contributed by atoms with Gasteiger partial charge in [-0.25, -0.2) is 0 Å². The lowest BCUT2D eigenvalue weighted by Crippen LogP contribution is -1.80. The fourth-order valence-electron chi connectivity index (χ4n) is 2.64. The molecule has 0 aliphatic carbocycles. The zero-order valence-corrected chi connectivity index (χ0v) is 10.3. The summed E-state index contributed by atoms with van der Waals surface area (Å²) < 4.78 is 5.21. The van der Waals surface area contributed by atoms with Gasteiger partial charge < -0.3 is 4.42 Å². The molecule has 19 heavy (non-hydrogen) atoms. The van der Waals surface area contributed by atoms with Crippen LogP contribution in [0.2, 0.25) is 0 Å². The number of rotatable bonds is 1. The van der Waals surface area contributed by atoms with Crippen molar-refractivity contribution in [2.24, 2.45) is 0 Å². The Morgan fingerprint density at radius 2 is 1.47 bits per heavy atom. The van der Waals surface area contributed by atoms with Crippen LogP contribution in [-0.4, -0.2) is 0 Å². The van der Waals surface area contributed by atoms with Crippen LogP contribution in [0.1, 0.15) is 0 Å². The zero-order valence-electron chi connectivity index (χ0n) is 10.3. The predicted molar refractivity (Wildman–Crippen MR) is 79.2 cm³/mol. The van der Waals surface area contributed by atoms with E-state index >= 15 is 0 Å². The molecule has 0 bridgehead atoms. The lowest BCUT2D eigenvalue weighted by molar-refractivity contribution is 0.568. The molecule has 0 saturated carbocycles. The molecule has 1 nitrogen and oxygen atoms in total. The highest BCUT2D eigenvalue weighted by Crippen LogP contribution is 2.31. The molecule has 0 aliphatic rings. The third kappa shape index (κ3) is 1.63. The van der Waals surface area contributed by atoms with Gasteiger partial charge in [0.05, 0.1) is 12.5 Å². The highest BCUT2D eigenvalue weighted by Gasteiger charge is 2.05. The summed E-state index contributed by atoms with van der Waals surface area (Å²) in [5, 5.41) is 5.07. The summed E-state index contributed by atoms with van der Waals surface area (Å²) in [5.74, 6) is 0. The second-order valence-electron chi connectivity index (χ2n) is 4.74. The molecule has 0 atom stereocenters. The molecule has 0 amide bonds. The van der Waals surface area contributed by atoms with Gasteiger partial charge in [0, 0.05) is 5.56 Å². The summed E-state index contributed by atoms with van der Waals surface area (Å²) in [4.78, 5) is 0. The summed E-state index contributed by atoms with van der Waals surface area (Å²) in [7, 11) is 0. The van der Waals surface area contributed by atoms with Crippen molar-refractivity contribution >= 4 is 21.5 Å². The predicted octanol–water partition coefficient (Wildman–Crippen LogP) is 5.25. The Kier molecular flexibility index (Phi) is 2.18. The van der Waals surface area contributed by atoms with Crippen molar-refractivity contribution in [1.82, 2.24) is 0 Å². The highest BCUT2D eigenvalue weighted by atomic mass is 16.3. The SMILES string of the molecule is c1ccc2cc3c(-c4ccoc4)cccc3cc2c1. The molecule has 0 fully saturated rings. The first-order valence-corrected chi connectivity index (χ1v) is 6.36. The number of benzene rings is 3. The van der Waals surface area contributed by atoms with Gasteiger partial charge in [-0.1, -0.05) is 42.5 Å². The van der Waals surface area contributed by atoms with Crippen LogP contribution in [0.15, 0.2) is 77.6 Å². The van der Waals surface area contributed by atoms with Crippen LogP contribution in [-0.2, 0) is 0 Å². The molecule has 1 aromatic heterocycles. The van der Waals surface area contributed by atoms with Crippen molar-refractivity contribution in [2.75, 3.05) is 0 Å². The molecule has 0 radical (unpaired) electrons. The topological polar surface area (TPSA) is 13.1 Å². The molecule has 4 aromatic rings. The summed E-state index contributed by atoms with van der Waals surface area (Å²) in [6.07, 6.45) is 3.51. The molecule has 1 heteroatoms. The third-order valence-corrected chi connectivity index (χ3v) is 3.58. The summed E-state index contributed by atoms with van der Waals surface area (Å²) in [6, 6.07) is 21.4. The van der Waals surface area contributed by atoms with E-state index in [0.29, 0.717) is 0 Å². The Morgan fingerprint density at radius 1 is 0.684 bits per heavy atom. The van der Waals surface area contributed by atoms with Crippen molar-refractivity contribution in [3.05, 3.63) is 73.2 Å². The first kappa shape index (κ1) is 10.4. The molecule has 90 valence electrons. The Hall–Kier alpha value is -2.54. The van der Waals surface area contributed by atoms with Gasteiger partial charge in [-0.2, -0.15) is 0 Å². The fourth-order valence-corrected chi connectivity index (χ4v) is 2.64. The lowest BCUT2D eigenvalue weighted by Gasteiger charge is -2.06. The van der Waals surface area contributed by atoms with Crippen LogP contribution >= 0.6 is 0 Å². The van der Waals surface area contributed by atoms with Crippen LogP contribution in [0.5, 0.6) is 0 Å². The zero-order chi connectivity index (χ0) is 12.7. The van der Waals surface area contributed by atoms with Gasteiger partial charge in [0.2, 0.25) is 0 Å². The quantitative estimate of drug-likeness (QED) is 0.417. The van der Waals surface area contributed by atoms with Crippen molar-refractivity contribution in [1.29, 1.82) is 0 Å². The van der Waals surface area contributed by atoms with Crippen LogP contribution in [0.3, 0.4) is 0 Å². The lowest BCUT2D eigenvalue weighted by atomic mass is 9.97. The molecule has 1 heterocycles. The van der Waals surface area contributed by atoms with E-state index in [1.54, 1.807) is 12.5 Å². The van der Waals surface area contributed by atoms with Crippen LogP contribution in [0.25, 0.3) is 32.7 Å². The minimum absolute atomic E-state index is 1.13. The summed E-state index contributed by atoms with van der Waals surface area (Å²) in [5.41, 5.74) is 2.35. The van der Waals surface area contributed by atoms with Gasteiger partial charge in [-0.15, -0.1) is 0 Å². The molecule has 0 unspecified atom stereocenters. The number of hydrogen-bond donors (Lipinski definition) is 0. The maximum atomic E-state index is 5.21. The molecule has 0 spiro atoms. The van der Waals surface area contributed by atoms with Gasteiger partial charge in [-0.05, 0) is 45.3 Å². The second kappa shape index (κ2) is 3.99. The monoisotopic (exact) mass is 244 g/mol. The highest BCUT2D eigenvalue weighted by molar-refractivity contribution is 6.04. The van der Waals surface area contributed by atoms with Gasteiger partial charge in [0.1, 0.15) is 0 Å². The average Bonchev–Trinajstić information content (AvgIpc) is 2.98. The third-order valence-electron chi connectivity index (χ3n) is 3.58. The maximum Gasteiger partial charge on any atom is 0.0981 e. The Labute approximate surface area is 111 Å². The van der Waals surface area contributed by atoms with Gasteiger partial charge in [0.25, 0.3) is 0 Å². The molecular formula is C18H12O. The van der Waals surface area contributed by atoms with E-state index in [9.17, 15) is 0 Å². The Bertz CT molecular complexity index is 857. The smallest absolute Gasteiger partial charge is 0.0981 e. The standard InChI is InChI=1S/C18H12O/c1-2-5-14-11-18-15(10-13(14)4-1)6-3-7-17(18)16-8-9-19-12-16/h1-12H. The van der Waals surface area contributed by atoms with Crippen molar-refractivity contribution in [2.45, 2.75) is 0 Å². The molecular weight excluding hydrogens is 232 g/mol. The Balaban J connectivity index is 2.12. The molecule has 0 aliphatic heterocycles. The van der Waals surface area contributed by atoms with Crippen molar-refractivity contribution in [3.63, 3.8) is 0 Å². The van der Waals surface area contributed by atoms with E-state index in [-0.39, 0.29) is 0 Å². The second-order valence-corrected chi connectivity index (χ2v) is 4.74. The molecule has 3 aromatic carbocycles. The summed E-state index contributed by atoms with van der Waals surface area (Å²) >= 11 is 0. The maximum absolute atomic E-state index is 5.21. The van der Waals surface area contributed by atoms with E-state index in [0.717, 1.165) is 5.56 Å². The normalized spacial score (nSPS) is 11.2. The summed E-state index contributed by atoms with van der Waals surface area (Å²) in [6.45, 7) is 0. The van der Waals surface area contributed by atoms with Gasteiger partial charge in [-0.3, -0.25) is 0 Å². The van der Waals surface area contributed by atoms with E-state index in [1.807, 2.05) is 6.07 Å². The van der Waals surface area contributed by atoms with E-state index in [1.165, 1.54) is 27.1 Å². The Morgan fingerprint density at radius 3 is 2.26 bits per heavy atom. The molecule has 0 N–H and O–H groups in total. The van der Waals surface area contributed by atoms with Crippen LogP contribution in [0, 0.1) is 0 Å². The molecule has 4 rings (SSSR count). The first-order valence-electron chi connectivity index (χ1n) is 6.36. The number of furan rings is 1.